The number of carbonyl (C=O) groups excluding carboxylic acids is 1. The molecule has 0 aliphatic heterocycles. The van der Waals surface area contributed by atoms with Crippen molar-refractivity contribution in [2.45, 2.75) is 6.92 Å². The van der Waals surface area contributed by atoms with Gasteiger partial charge in [0.15, 0.2) is 5.69 Å². The van der Waals surface area contributed by atoms with Crippen molar-refractivity contribution in [1.82, 2.24) is 9.97 Å². The standard InChI is InChI=1S/C15H11BrN4O2/c1-8-5-10(16)6-11-12(8)18-15(22)13(11)19-20-14(21)9-3-2-4-17-7-9/h2-7,18,22H,1H3. The molecule has 2 heterocycles. The zero-order chi connectivity index (χ0) is 15.7. The lowest BCUT2D eigenvalue weighted by Crippen LogP contribution is -1.93. The molecule has 3 rings (SSSR count). The number of halogens is 1. The number of carbonyl (C=O) groups is 1. The summed E-state index contributed by atoms with van der Waals surface area (Å²) in [5.41, 5.74) is 2.27. The minimum atomic E-state index is -0.520. The number of aromatic hydroxyl groups is 1. The molecule has 0 unspecified atom stereocenters. The zero-order valence-corrected chi connectivity index (χ0v) is 13.1. The van der Waals surface area contributed by atoms with Crippen molar-refractivity contribution in [3.8, 4) is 5.88 Å². The Balaban J connectivity index is 2.02. The number of aryl methyl sites for hydroxylation is 1. The molecule has 0 fully saturated rings. The van der Waals surface area contributed by atoms with E-state index in [1.54, 1.807) is 24.4 Å². The van der Waals surface area contributed by atoms with E-state index in [0.29, 0.717) is 10.9 Å². The number of hydrogen-bond donors (Lipinski definition) is 2. The number of amides is 1. The van der Waals surface area contributed by atoms with Crippen LogP contribution in [0, 0.1) is 6.92 Å². The van der Waals surface area contributed by atoms with E-state index in [4.69, 9.17) is 0 Å². The molecule has 6 nitrogen and oxygen atoms in total. The second-order valence-corrected chi connectivity index (χ2v) is 5.63. The van der Waals surface area contributed by atoms with E-state index in [1.807, 2.05) is 13.0 Å². The van der Waals surface area contributed by atoms with Crippen LogP contribution in [0.3, 0.4) is 0 Å². The number of H-pyrrole nitrogens is 1. The molecule has 7 heteroatoms. The highest BCUT2D eigenvalue weighted by molar-refractivity contribution is 9.10. The highest BCUT2D eigenvalue weighted by Gasteiger charge is 2.14. The molecule has 1 aromatic carbocycles. The molecular weight excluding hydrogens is 348 g/mol. The van der Waals surface area contributed by atoms with Crippen molar-refractivity contribution in [2.24, 2.45) is 10.2 Å². The minimum Gasteiger partial charge on any atom is -0.493 e. The Morgan fingerprint density at radius 2 is 2.23 bits per heavy atom. The van der Waals surface area contributed by atoms with Gasteiger partial charge in [-0.3, -0.25) is 9.78 Å². The van der Waals surface area contributed by atoms with Gasteiger partial charge in [-0.2, -0.15) is 0 Å². The van der Waals surface area contributed by atoms with Crippen molar-refractivity contribution in [3.63, 3.8) is 0 Å². The van der Waals surface area contributed by atoms with Crippen LogP contribution in [0.5, 0.6) is 5.88 Å². The van der Waals surface area contributed by atoms with E-state index in [-0.39, 0.29) is 11.6 Å². The van der Waals surface area contributed by atoms with Crippen LogP contribution in [0.1, 0.15) is 15.9 Å². The summed E-state index contributed by atoms with van der Waals surface area (Å²) in [5, 5.41) is 18.2. The van der Waals surface area contributed by atoms with Crippen molar-refractivity contribution in [3.05, 3.63) is 52.3 Å². The number of benzene rings is 1. The lowest BCUT2D eigenvalue weighted by atomic mass is 10.1. The third kappa shape index (κ3) is 2.62. The lowest BCUT2D eigenvalue weighted by molar-refractivity contribution is 0.0994. The summed E-state index contributed by atoms with van der Waals surface area (Å²) in [6.07, 6.45) is 2.98. The Hall–Kier alpha value is -2.54. The number of nitrogens with one attached hydrogen (secondary N) is 1. The molecule has 2 N–H and O–H groups in total. The van der Waals surface area contributed by atoms with Crippen LogP contribution in [-0.4, -0.2) is 21.0 Å². The van der Waals surface area contributed by atoms with Crippen LogP contribution in [-0.2, 0) is 0 Å². The van der Waals surface area contributed by atoms with E-state index in [9.17, 15) is 9.90 Å². The first-order valence-electron chi connectivity index (χ1n) is 6.43. The monoisotopic (exact) mass is 358 g/mol. The van der Waals surface area contributed by atoms with Gasteiger partial charge in [0.05, 0.1) is 11.1 Å². The van der Waals surface area contributed by atoms with Crippen LogP contribution in [0.2, 0.25) is 0 Å². The molecule has 0 saturated carbocycles. The number of aromatic nitrogens is 2. The highest BCUT2D eigenvalue weighted by atomic mass is 79.9. The summed E-state index contributed by atoms with van der Waals surface area (Å²) >= 11 is 3.40. The molecule has 0 bridgehead atoms. The van der Waals surface area contributed by atoms with Gasteiger partial charge in [-0.25, -0.2) is 0 Å². The van der Waals surface area contributed by atoms with Crippen LogP contribution < -0.4 is 0 Å². The summed E-state index contributed by atoms with van der Waals surface area (Å²) < 4.78 is 0.853. The fourth-order valence-electron chi connectivity index (χ4n) is 2.14. The number of azo groups is 1. The quantitative estimate of drug-likeness (QED) is 0.670. The second kappa shape index (κ2) is 5.69. The molecule has 110 valence electrons. The number of rotatable bonds is 2. The van der Waals surface area contributed by atoms with Gasteiger partial charge in [-0.15, -0.1) is 10.2 Å². The Morgan fingerprint density at radius 1 is 1.41 bits per heavy atom. The average Bonchev–Trinajstić information content (AvgIpc) is 2.82. The highest BCUT2D eigenvalue weighted by Crippen LogP contribution is 2.38. The Kier molecular flexibility index (Phi) is 3.72. The topological polar surface area (TPSA) is 90.7 Å². The molecule has 2 aromatic heterocycles. The zero-order valence-electron chi connectivity index (χ0n) is 11.5. The molecule has 0 spiro atoms. The maximum atomic E-state index is 11.9. The van der Waals surface area contributed by atoms with E-state index >= 15 is 0 Å². The van der Waals surface area contributed by atoms with Gasteiger partial charge in [-0.1, -0.05) is 15.9 Å². The lowest BCUT2D eigenvalue weighted by Gasteiger charge is -1.97. The van der Waals surface area contributed by atoms with E-state index in [2.05, 4.69) is 36.1 Å². The SMILES string of the molecule is Cc1cc(Br)cc2c(N=NC(=O)c3cccnc3)c(O)[nH]c12. The number of nitrogens with zero attached hydrogens (tertiary/aromatic N) is 3. The van der Waals surface area contributed by atoms with Crippen molar-refractivity contribution < 1.29 is 9.90 Å². The van der Waals surface area contributed by atoms with Gasteiger partial charge >= 0.3 is 0 Å². The van der Waals surface area contributed by atoms with Crippen LogP contribution in [0.4, 0.5) is 5.69 Å². The predicted octanol–water partition coefficient (Wildman–Crippen LogP) is 4.26. The van der Waals surface area contributed by atoms with Gasteiger partial charge in [0.25, 0.3) is 5.91 Å². The van der Waals surface area contributed by atoms with Gasteiger partial charge in [0.2, 0.25) is 5.88 Å². The van der Waals surface area contributed by atoms with E-state index in [0.717, 1.165) is 15.6 Å². The fraction of sp³-hybridized carbons (Fsp3) is 0.0667. The molecule has 0 atom stereocenters. The molecule has 1 amide bonds. The number of fused-ring (bicyclic) bond motifs is 1. The van der Waals surface area contributed by atoms with E-state index in [1.165, 1.54) is 6.20 Å². The van der Waals surface area contributed by atoms with E-state index < -0.39 is 5.91 Å². The minimum absolute atomic E-state index is 0.126. The van der Waals surface area contributed by atoms with Gasteiger partial charge in [-0.05, 0) is 36.8 Å². The number of aromatic amines is 1. The largest absolute Gasteiger partial charge is 0.493 e. The predicted molar refractivity (Wildman–Crippen MR) is 85.5 cm³/mol. The molecular formula is C15H11BrN4O2. The third-order valence-corrected chi connectivity index (χ3v) is 3.63. The maximum Gasteiger partial charge on any atom is 0.296 e. The summed E-state index contributed by atoms with van der Waals surface area (Å²) in [5.74, 6) is -0.646. The first-order chi connectivity index (χ1) is 10.6. The summed E-state index contributed by atoms with van der Waals surface area (Å²) in [4.78, 5) is 18.6. The molecule has 0 saturated heterocycles. The third-order valence-electron chi connectivity index (χ3n) is 3.17. The number of hydrogen-bond acceptors (Lipinski definition) is 4. The van der Waals surface area contributed by atoms with Crippen molar-refractivity contribution in [1.29, 1.82) is 0 Å². The van der Waals surface area contributed by atoms with Gasteiger partial charge < -0.3 is 10.1 Å². The van der Waals surface area contributed by atoms with Crippen molar-refractivity contribution >= 4 is 38.4 Å². The maximum absolute atomic E-state index is 11.9. The first kappa shape index (κ1) is 14.4. The Morgan fingerprint density at radius 3 is 2.95 bits per heavy atom. The molecule has 22 heavy (non-hydrogen) atoms. The summed E-state index contributed by atoms with van der Waals surface area (Å²) in [6, 6.07) is 6.97. The van der Waals surface area contributed by atoms with Crippen LogP contribution in [0.25, 0.3) is 10.9 Å². The van der Waals surface area contributed by atoms with Gasteiger partial charge in [0.1, 0.15) is 0 Å². The summed E-state index contributed by atoms with van der Waals surface area (Å²) in [6.45, 7) is 1.91. The molecule has 0 aliphatic carbocycles. The average molecular weight is 359 g/mol. The smallest absolute Gasteiger partial charge is 0.296 e. The second-order valence-electron chi connectivity index (χ2n) is 4.71. The normalized spacial score (nSPS) is 11.4. The van der Waals surface area contributed by atoms with Gasteiger partial charge in [0, 0.05) is 22.3 Å². The van der Waals surface area contributed by atoms with Crippen LogP contribution in [0.15, 0.2) is 51.4 Å². The fourth-order valence-corrected chi connectivity index (χ4v) is 2.72. The molecule has 0 aliphatic rings. The first-order valence-corrected chi connectivity index (χ1v) is 7.22. The molecule has 3 aromatic rings. The summed E-state index contributed by atoms with van der Waals surface area (Å²) in [7, 11) is 0. The Labute approximate surface area is 134 Å². The van der Waals surface area contributed by atoms with Crippen molar-refractivity contribution in [2.75, 3.05) is 0 Å². The Bertz CT molecular complexity index is 887. The number of pyridine rings is 1. The molecule has 0 radical (unpaired) electrons. The van der Waals surface area contributed by atoms with Crippen LogP contribution >= 0.6 is 15.9 Å².